The minimum atomic E-state index is 0.00693. The fourth-order valence-corrected chi connectivity index (χ4v) is 4.91. The van der Waals surface area contributed by atoms with Crippen LogP contribution in [0.25, 0.3) is 11.1 Å². The maximum absolute atomic E-state index is 11.0. The van der Waals surface area contributed by atoms with Crippen LogP contribution in [0, 0.1) is 6.92 Å². The van der Waals surface area contributed by atoms with Crippen LogP contribution in [0.2, 0.25) is 0 Å². The molecule has 182 valence electrons. The molecule has 1 amide bonds. The summed E-state index contributed by atoms with van der Waals surface area (Å²) in [5, 5.41) is 6.38. The normalized spacial score (nSPS) is 16.0. The van der Waals surface area contributed by atoms with E-state index >= 15 is 0 Å². The van der Waals surface area contributed by atoms with Gasteiger partial charge in [0.05, 0.1) is 0 Å². The molecule has 1 heterocycles. The fraction of sp³-hybridized carbons (Fsp3) is 0.345. The van der Waals surface area contributed by atoms with Crippen molar-refractivity contribution in [3.05, 3.63) is 76.9 Å². The lowest BCUT2D eigenvalue weighted by Crippen LogP contribution is -2.31. The summed E-state index contributed by atoms with van der Waals surface area (Å²) in [6.07, 6.45) is 2.10. The molecule has 0 bridgehead atoms. The van der Waals surface area contributed by atoms with Crippen molar-refractivity contribution in [2.45, 2.75) is 39.3 Å². The van der Waals surface area contributed by atoms with E-state index in [9.17, 15) is 4.79 Å². The number of benzene rings is 3. The van der Waals surface area contributed by atoms with Crippen LogP contribution in [-0.2, 0) is 17.8 Å². The Kier molecular flexibility index (Phi) is 6.91. The van der Waals surface area contributed by atoms with E-state index in [2.05, 4.69) is 66.1 Å². The van der Waals surface area contributed by atoms with Crippen LogP contribution >= 0.6 is 0 Å². The van der Waals surface area contributed by atoms with Gasteiger partial charge in [0, 0.05) is 26.1 Å². The van der Waals surface area contributed by atoms with Crippen molar-refractivity contribution in [1.29, 1.82) is 0 Å². The Labute approximate surface area is 206 Å². The Morgan fingerprint density at radius 2 is 1.89 bits per heavy atom. The van der Waals surface area contributed by atoms with E-state index < -0.39 is 0 Å². The number of carbonyl (C=O) groups excluding carboxylic acids is 1. The van der Waals surface area contributed by atoms with Gasteiger partial charge in [-0.25, -0.2) is 0 Å². The number of aryl methyl sites for hydroxylation is 1. The Balaban J connectivity index is 1.24. The molecule has 2 N–H and O–H groups in total. The molecular weight excluding hydrogens is 440 g/mol. The Bertz CT molecular complexity index is 1220. The summed E-state index contributed by atoms with van der Waals surface area (Å²) < 4.78 is 17.7. The van der Waals surface area contributed by atoms with Gasteiger partial charge in [0.25, 0.3) is 0 Å². The van der Waals surface area contributed by atoms with Crippen LogP contribution in [0.4, 0.5) is 0 Å². The summed E-state index contributed by atoms with van der Waals surface area (Å²) in [7, 11) is 0. The zero-order valence-electron chi connectivity index (χ0n) is 20.4. The van der Waals surface area contributed by atoms with Gasteiger partial charge in [-0.3, -0.25) is 4.79 Å². The van der Waals surface area contributed by atoms with Gasteiger partial charge in [-0.2, -0.15) is 0 Å². The van der Waals surface area contributed by atoms with E-state index in [0.29, 0.717) is 32.4 Å². The highest BCUT2D eigenvalue weighted by Crippen LogP contribution is 2.37. The van der Waals surface area contributed by atoms with Gasteiger partial charge in [0.15, 0.2) is 11.5 Å². The summed E-state index contributed by atoms with van der Waals surface area (Å²) in [5.74, 6) is 2.51. The molecule has 3 aromatic rings. The first kappa shape index (κ1) is 23.2. The molecule has 6 nitrogen and oxygen atoms in total. The third kappa shape index (κ3) is 5.28. The zero-order valence-corrected chi connectivity index (χ0v) is 20.4. The van der Waals surface area contributed by atoms with E-state index in [1.807, 2.05) is 6.07 Å². The van der Waals surface area contributed by atoms with Crippen molar-refractivity contribution in [2.75, 3.05) is 26.3 Å². The maximum Gasteiger partial charge on any atom is 0.216 e. The van der Waals surface area contributed by atoms with Gasteiger partial charge in [-0.15, -0.1) is 0 Å². The van der Waals surface area contributed by atoms with E-state index in [0.717, 1.165) is 47.8 Å². The van der Waals surface area contributed by atoms with Crippen molar-refractivity contribution in [3.8, 4) is 28.4 Å². The molecule has 0 aromatic heterocycles. The molecule has 0 fully saturated rings. The lowest BCUT2D eigenvalue weighted by atomic mass is 9.96. The van der Waals surface area contributed by atoms with Crippen molar-refractivity contribution in [3.63, 3.8) is 0 Å². The number of nitrogens with one attached hydrogen (secondary N) is 2. The first-order valence-electron chi connectivity index (χ1n) is 12.3. The van der Waals surface area contributed by atoms with Gasteiger partial charge < -0.3 is 24.8 Å². The van der Waals surface area contributed by atoms with Crippen molar-refractivity contribution < 1.29 is 19.0 Å². The summed E-state index contributed by atoms with van der Waals surface area (Å²) in [4.78, 5) is 11.0. The van der Waals surface area contributed by atoms with Crippen LogP contribution in [0.3, 0.4) is 0 Å². The molecule has 6 heteroatoms. The first-order valence-corrected chi connectivity index (χ1v) is 12.3. The highest BCUT2D eigenvalue weighted by molar-refractivity contribution is 5.72. The number of hydrogen-bond donors (Lipinski definition) is 2. The molecule has 1 aliphatic heterocycles. The molecule has 3 aromatic carbocycles. The van der Waals surface area contributed by atoms with E-state index in [1.165, 1.54) is 22.3 Å². The molecule has 1 atom stereocenters. The summed E-state index contributed by atoms with van der Waals surface area (Å²) in [6, 6.07) is 19.2. The largest absolute Gasteiger partial charge is 0.489 e. The smallest absolute Gasteiger partial charge is 0.216 e. The van der Waals surface area contributed by atoms with Crippen molar-refractivity contribution >= 4 is 5.91 Å². The predicted molar refractivity (Wildman–Crippen MR) is 136 cm³/mol. The van der Waals surface area contributed by atoms with Gasteiger partial charge in [0.2, 0.25) is 5.91 Å². The lowest BCUT2D eigenvalue weighted by molar-refractivity contribution is -0.118. The zero-order chi connectivity index (χ0) is 24.2. The Hall–Kier alpha value is -3.51. The monoisotopic (exact) mass is 472 g/mol. The van der Waals surface area contributed by atoms with Crippen molar-refractivity contribution in [1.82, 2.24) is 10.6 Å². The van der Waals surface area contributed by atoms with E-state index in [4.69, 9.17) is 14.2 Å². The maximum atomic E-state index is 11.0. The van der Waals surface area contributed by atoms with E-state index in [1.54, 1.807) is 6.92 Å². The average Bonchev–Trinajstić information content (AvgIpc) is 3.28. The summed E-state index contributed by atoms with van der Waals surface area (Å²) in [5.41, 5.74) is 7.32. The molecule has 5 rings (SSSR count). The predicted octanol–water partition coefficient (Wildman–Crippen LogP) is 4.73. The summed E-state index contributed by atoms with van der Waals surface area (Å²) in [6.45, 7) is 6.79. The quantitative estimate of drug-likeness (QED) is 0.464. The highest BCUT2D eigenvalue weighted by atomic mass is 16.6. The van der Waals surface area contributed by atoms with E-state index in [-0.39, 0.29) is 5.91 Å². The Morgan fingerprint density at radius 1 is 1.03 bits per heavy atom. The number of rotatable bonds is 8. The molecule has 0 saturated heterocycles. The Morgan fingerprint density at radius 3 is 2.74 bits per heavy atom. The summed E-state index contributed by atoms with van der Waals surface area (Å²) >= 11 is 0. The topological polar surface area (TPSA) is 68.8 Å². The second-order valence-electron chi connectivity index (χ2n) is 9.13. The SMILES string of the molecule is CC(=O)NCCN[C@@H]1CCc2cc(OCc3cccc(-c4ccc5c(c4)OCCO5)c3C)ccc21. The second-order valence-corrected chi connectivity index (χ2v) is 9.13. The molecule has 0 radical (unpaired) electrons. The number of carbonyl (C=O) groups is 1. The molecule has 1 aliphatic carbocycles. The third-order valence-electron chi connectivity index (χ3n) is 6.78. The van der Waals surface area contributed by atoms with Gasteiger partial charge >= 0.3 is 0 Å². The van der Waals surface area contributed by atoms with Crippen LogP contribution < -0.4 is 24.8 Å². The number of hydrogen-bond acceptors (Lipinski definition) is 5. The molecule has 0 unspecified atom stereocenters. The third-order valence-corrected chi connectivity index (χ3v) is 6.78. The van der Waals surface area contributed by atoms with Crippen LogP contribution in [-0.4, -0.2) is 32.2 Å². The lowest BCUT2D eigenvalue weighted by Gasteiger charge is -2.20. The van der Waals surface area contributed by atoms with Crippen molar-refractivity contribution in [2.24, 2.45) is 0 Å². The molecule has 2 aliphatic rings. The molecule has 0 spiro atoms. The van der Waals surface area contributed by atoms with Crippen LogP contribution in [0.5, 0.6) is 17.2 Å². The van der Waals surface area contributed by atoms with Gasteiger partial charge in [-0.1, -0.05) is 30.3 Å². The molecular formula is C29H32N2O4. The van der Waals surface area contributed by atoms with Gasteiger partial charge in [0.1, 0.15) is 25.6 Å². The number of ether oxygens (including phenoxy) is 3. The standard InChI is InChI=1S/C29H32N2O4/c1-19-23(4-3-5-25(19)22-7-11-28-29(17-22)34-15-14-33-28)18-35-24-8-9-26-21(16-24)6-10-27(26)31-13-12-30-20(2)32/h3-5,7-9,11,16-17,27,31H,6,10,12-15,18H2,1-2H3,(H,30,32)/t27-/m1/s1. The first-order chi connectivity index (χ1) is 17.1. The minimum Gasteiger partial charge on any atom is -0.489 e. The average molecular weight is 473 g/mol. The highest BCUT2D eigenvalue weighted by Gasteiger charge is 2.22. The fourth-order valence-electron chi connectivity index (χ4n) is 4.91. The minimum absolute atomic E-state index is 0.00693. The second kappa shape index (κ2) is 10.4. The molecule has 35 heavy (non-hydrogen) atoms. The molecule has 0 saturated carbocycles. The van der Waals surface area contributed by atoms with Crippen LogP contribution in [0.15, 0.2) is 54.6 Å². The van der Waals surface area contributed by atoms with Crippen LogP contribution in [0.1, 0.15) is 41.6 Å². The number of amides is 1. The number of fused-ring (bicyclic) bond motifs is 2. The van der Waals surface area contributed by atoms with Gasteiger partial charge in [-0.05, 0) is 77.4 Å².